The third kappa shape index (κ3) is 5.05. The Kier molecular flexibility index (Phi) is 8.96. The van der Waals surface area contributed by atoms with Crippen molar-refractivity contribution in [3.63, 3.8) is 0 Å². The highest BCUT2D eigenvalue weighted by molar-refractivity contribution is 6.01. The molecule has 1 aromatic rings. The number of aliphatic hydroxyl groups is 2. The van der Waals surface area contributed by atoms with Gasteiger partial charge in [0.15, 0.2) is 0 Å². The van der Waals surface area contributed by atoms with E-state index in [0.29, 0.717) is 17.5 Å². The molecule has 37 heavy (non-hydrogen) atoms. The summed E-state index contributed by atoms with van der Waals surface area (Å²) in [5.74, 6) is -11.0. The number of rotatable bonds is 9. The molecule has 0 unspecified atom stereocenters. The van der Waals surface area contributed by atoms with Crippen LogP contribution in [0.4, 0.5) is 0 Å². The van der Waals surface area contributed by atoms with Gasteiger partial charge in [-0.25, -0.2) is 9.59 Å². The van der Waals surface area contributed by atoms with Crippen molar-refractivity contribution in [1.82, 2.24) is 0 Å². The first-order valence-corrected chi connectivity index (χ1v) is 12.4. The van der Waals surface area contributed by atoms with Crippen LogP contribution in [-0.4, -0.2) is 60.5 Å². The molecule has 0 saturated heterocycles. The number of carbonyl (C=O) groups excluding carboxylic acids is 4. The molecule has 10 heteroatoms. The number of ether oxygens (including phenoxy) is 4. The molecule has 200 valence electrons. The lowest BCUT2D eigenvalue weighted by Gasteiger charge is -2.32. The fraction of sp³-hybridized carbons (Fsp3) is 0.481. The zero-order valence-electron chi connectivity index (χ0n) is 21.3. The summed E-state index contributed by atoms with van der Waals surface area (Å²) in [5.41, 5.74) is -0.125. The Balaban J connectivity index is 2.48. The minimum absolute atomic E-state index is 0.00731. The molecule has 0 spiro atoms. The first-order valence-electron chi connectivity index (χ1n) is 12.4. The molecular formula is C27H32O10. The second-order valence-corrected chi connectivity index (χ2v) is 8.50. The van der Waals surface area contributed by atoms with Crippen molar-refractivity contribution in [2.45, 2.75) is 46.0 Å². The van der Waals surface area contributed by atoms with Crippen LogP contribution >= 0.6 is 0 Å². The summed E-state index contributed by atoms with van der Waals surface area (Å²) in [6.07, 6.45) is 0.474. The summed E-state index contributed by atoms with van der Waals surface area (Å²) in [6, 6.07) is 6.50. The van der Waals surface area contributed by atoms with Crippen LogP contribution in [0.1, 0.15) is 57.1 Å². The van der Waals surface area contributed by atoms with Gasteiger partial charge in [0.1, 0.15) is 23.4 Å². The third-order valence-corrected chi connectivity index (χ3v) is 6.34. The summed E-state index contributed by atoms with van der Waals surface area (Å²) < 4.78 is 21.0. The van der Waals surface area contributed by atoms with Gasteiger partial charge in [-0.05, 0) is 38.3 Å². The smallest absolute Gasteiger partial charge is 0.338 e. The molecule has 0 heterocycles. The van der Waals surface area contributed by atoms with Gasteiger partial charge in [-0.2, -0.15) is 0 Å². The molecular weight excluding hydrogens is 484 g/mol. The van der Waals surface area contributed by atoms with E-state index in [1.165, 1.54) is 0 Å². The van der Waals surface area contributed by atoms with Crippen LogP contribution in [0.3, 0.4) is 0 Å². The van der Waals surface area contributed by atoms with Crippen LogP contribution in [0.15, 0.2) is 46.9 Å². The minimum atomic E-state index is -1.57. The lowest BCUT2D eigenvalue weighted by Crippen LogP contribution is -2.38. The maximum atomic E-state index is 13.4. The van der Waals surface area contributed by atoms with Gasteiger partial charge in [0, 0.05) is 5.92 Å². The van der Waals surface area contributed by atoms with Crippen LogP contribution in [0, 0.1) is 11.8 Å². The fourth-order valence-corrected chi connectivity index (χ4v) is 4.96. The quantitative estimate of drug-likeness (QED) is 0.370. The normalized spacial score (nSPS) is 22.5. The van der Waals surface area contributed by atoms with Gasteiger partial charge in [0.05, 0.1) is 43.5 Å². The van der Waals surface area contributed by atoms with Crippen molar-refractivity contribution in [3.8, 4) is 0 Å². The van der Waals surface area contributed by atoms with Gasteiger partial charge in [0.2, 0.25) is 0 Å². The van der Waals surface area contributed by atoms with E-state index in [1.807, 2.05) is 0 Å². The van der Waals surface area contributed by atoms with Gasteiger partial charge in [0.25, 0.3) is 0 Å². The molecule has 0 radical (unpaired) electrons. The highest BCUT2D eigenvalue weighted by Crippen LogP contribution is 2.54. The van der Waals surface area contributed by atoms with Crippen molar-refractivity contribution < 1.29 is 48.3 Å². The Morgan fingerprint density at radius 2 is 1.16 bits per heavy atom. The summed E-state index contributed by atoms with van der Waals surface area (Å²) in [7, 11) is 0. The molecule has 0 saturated carbocycles. The molecule has 0 aromatic heterocycles. The predicted octanol–water partition coefficient (Wildman–Crippen LogP) is 3.38. The van der Waals surface area contributed by atoms with Crippen molar-refractivity contribution in [2.75, 3.05) is 26.4 Å². The van der Waals surface area contributed by atoms with Gasteiger partial charge >= 0.3 is 23.9 Å². The van der Waals surface area contributed by atoms with Crippen LogP contribution in [0.5, 0.6) is 0 Å². The number of hydrogen-bond acceptors (Lipinski definition) is 10. The minimum Gasteiger partial charge on any atom is -0.511 e. The predicted molar refractivity (Wildman–Crippen MR) is 129 cm³/mol. The first-order chi connectivity index (χ1) is 17.7. The molecule has 2 aliphatic carbocycles. The topological polar surface area (TPSA) is 146 Å². The lowest BCUT2D eigenvalue weighted by atomic mass is 9.74. The highest BCUT2D eigenvalue weighted by Gasteiger charge is 2.56. The Morgan fingerprint density at radius 3 is 1.62 bits per heavy atom. The average Bonchev–Trinajstić information content (AvgIpc) is 3.03. The molecule has 10 nitrogen and oxygen atoms in total. The van der Waals surface area contributed by atoms with Crippen molar-refractivity contribution >= 4 is 23.9 Å². The van der Waals surface area contributed by atoms with Crippen molar-refractivity contribution in [3.05, 3.63) is 58.1 Å². The Bertz CT molecular complexity index is 1130. The van der Waals surface area contributed by atoms with E-state index in [2.05, 4.69) is 0 Å². The van der Waals surface area contributed by atoms with E-state index in [9.17, 15) is 29.4 Å². The first kappa shape index (κ1) is 27.8. The van der Waals surface area contributed by atoms with Gasteiger partial charge < -0.3 is 29.2 Å². The van der Waals surface area contributed by atoms with Crippen LogP contribution < -0.4 is 0 Å². The van der Waals surface area contributed by atoms with Crippen LogP contribution in [0.25, 0.3) is 0 Å². The third-order valence-electron chi connectivity index (χ3n) is 6.34. The number of benzene rings is 1. The molecule has 1 aromatic carbocycles. The van der Waals surface area contributed by atoms with Crippen molar-refractivity contribution in [1.29, 1.82) is 0 Å². The zero-order chi connectivity index (χ0) is 27.3. The monoisotopic (exact) mass is 516 g/mol. The molecule has 0 aliphatic heterocycles. The van der Waals surface area contributed by atoms with E-state index < -0.39 is 70.2 Å². The Hall–Kier alpha value is -3.82. The van der Waals surface area contributed by atoms with E-state index in [0.717, 1.165) is 0 Å². The molecule has 2 bridgehead atoms. The fourth-order valence-electron chi connectivity index (χ4n) is 4.96. The number of esters is 4. The molecule has 2 N–H and O–H groups in total. The van der Waals surface area contributed by atoms with E-state index >= 15 is 0 Å². The summed E-state index contributed by atoms with van der Waals surface area (Å²) in [6.45, 7) is 6.34. The second kappa shape index (κ2) is 11.9. The van der Waals surface area contributed by atoms with E-state index in [4.69, 9.17) is 18.9 Å². The molecule has 0 amide bonds. The van der Waals surface area contributed by atoms with Crippen LogP contribution in [-0.2, 0) is 38.1 Å². The number of hydrogen-bond donors (Lipinski definition) is 2. The standard InChI is InChI=1S/C27H32O10/c1-5-13-37-27(33)21-17-15-12-10-9-11-14(15)16(19(23(21)29)25(31)35-7-3)18(24(30)34-6-2)22(28)20(17)26(32)36-8-4/h9-12,16-19,28-29H,5-8,13H2,1-4H3/t16-,17+,18+,19-/m0/s1. The average molecular weight is 517 g/mol. The summed E-state index contributed by atoms with van der Waals surface area (Å²) in [5, 5.41) is 23.1. The van der Waals surface area contributed by atoms with Gasteiger partial charge in [-0.1, -0.05) is 31.2 Å². The maximum Gasteiger partial charge on any atom is 0.338 e. The van der Waals surface area contributed by atoms with Crippen molar-refractivity contribution in [2.24, 2.45) is 11.8 Å². The molecule has 4 atom stereocenters. The highest BCUT2D eigenvalue weighted by atomic mass is 16.5. The van der Waals surface area contributed by atoms with Gasteiger partial charge in [-0.3, -0.25) is 9.59 Å². The van der Waals surface area contributed by atoms with Gasteiger partial charge in [-0.15, -0.1) is 0 Å². The maximum absolute atomic E-state index is 13.4. The second-order valence-electron chi connectivity index (χ2n) is 8.50. The largest absolute Gasteiger partial charge is 0.511 e. The summed E-state index contributed by atoms with van der Waals surface area (Å²) >= 11 is 0. The Labute approximate surface area is 214 Å². The molecule has 0 fully saturated rings. The zero-order valence-corrected chi connectivity index (χ0v) is 21.3. The van der Waals surface area contributed by atoms with Crippen LogP contribution in [0.2, 0.25) is 0 Å². The SMILES string of the molecule is CCCOC(=O)C1=C(O)[C@@H](C(=O)OCC)[C@H]2c3ccccc3[C@@H]1C(C(=O)OCC)=C(O)[C@@H]2C(=O)OCC. The molecule has 2 aliphatic rings. The number of carbonyl (C=O) groups is 4. The summed E-state index contributed by atoms with van der Waals surface area (Å²) in [4.78, 5) is 53.2. The molecule has 3 rings (SSSR count). The Morgan fingerprint density at radius 1 is 0.703 bits per heavy atom. The number of aliphatic hydroxyl groups excluding tert-OH is 2. The lowest BCUT2D eigenvalue weighted by molar-refractivity contribution is -0.153. The van der Waals surface area contributed by atoms with E-state index in [-0.39, 0.29) is 26.4 Å². The van der Waals surface area contributed by atoms with E-state index in [1.54, 1.807) is 52.0 Å².